The van der Waals surface area contributed by atoms with Gasteiger partial charge in [0.2, 0.25) is 0 Å². The lowest BCUT2D eigenvalue weighted by atomic mass is 9.79. The van der Waals surface area contributed by atoms with Crippen molar-refractivity contribution in [3.63, 3.8) is 0 Å². The van der Waals surface area contributed by atoms with Crippen molar-refractivity contribution in [1.82, 2.24) is 9.55 Å². The van der Waals surface area contributed by atoms with E-state index in [4.69, 9.17) is 34.2 Å². The van der Waals surface area contributed by atoms with E-state index in [1.165, 1.54) is 11.5 Å². The van der Waals surface area contributed by atoms with Crippen LogP contribution in [0.15, 0.2) is 89.9 Å². The fourth-order valence-corrected chi connectivity index (χ4v) is 6.38. The number of nitrogens with two attached hydrogens (primary N) is 1. The highest BCUT2D eigenvalue weighted by Gasteiger charge is 2.62. The van der Waals surface area contributed by atoms with Gasteiger partial charge in [0, 0.05) is 25.1 Å². The molecule has 0 saturated carbocycles. The summed E-state index contributed by atoms with van der Waals surface area (Å²) in [5.41, 5.74) is 6.11. The van der Waals surface area contributed by atoms with Gasteiger partial charge in [-0.3, -0.25) is 9.36 Å². The average molecular weight is 628 g/mol. The topological polar surface area (TPSA) is 133 Å². The normalized spacial score (nSPS) is 22.3. The minimum atomic E-state index is -1.17. The number of aryl methyl sites for hydroxylation is 1. The van der Waals surface area contributed by atoms with Crippen LogP contribution in [0.1, 0.15) is 41.8 Å². The Hall–Kier alpha value is -4.71. The van der Waals surface area contributed by atoms with Crippen molar-refractivity contribution in [2.75, 3.05) is 33.2 Å². The Bertz CT molecular complexity index is 1700. The van der Waals surface area contributed by atoms with Crippen LogP contribution in [0.2, 0.25) is 0 Å². The molecule has 2 bridgehead atoms. The van der Waals surface area contributed by atoms with Crippen molar-refractivity contribution in [2.45, 2.75) is 49.9 Å². The smallest absolute Gasteiger partial charge is 0.351 e. The second kappa shape index (κ2) is 12.6. The van der Waals surface area contributed by atoms with E-state index in [-0.39, 0.29) is 12.4 Å². The zero-order valence-corrected chi connectivity index (χ0v) is 26.2. The minimum absolute atomic E-state index is 0.0234. The highest BCUT2D eigenvalue weighted by molar-refractivity contribution is 5.66. The summed E-state index contributed by atoms with van der Waals surface area (Å²) < 4.78 is 38.2. The van der Waals surface area contributed by atoms with E-state index in [0.717, 1.165) is 16.7 Å². The lowest BCUT2D eigenvalue weighted by molar-refractivity contribution is -0.194. The Morgan fingerprint density at radius 2 is 1.57 bits per heavy atom. The number of ether oxygens (including phenoxy) is 6. The summed E-state index contributed by atoms with van der Waals surface area (Å²) in [7, 11) is 3.24. The fourth-order valence-electron chi connectivity index (χ4n) is 6.38. The molecule has 2 saturated heterocycles. The van der Waals surface area contributed by atoms with Crippen molar-refractivity contribution < 1.29 is 33.2 Å². The molecule has 4 aromatic rings. The van der Waals surface area contributed by atoms with Crippen LogP contribution >= 0.6 is 0 Å². The highest BCUT2D eigenvalue weighted by Crippen LogP contribution is 2.49. The van der Waals surface area contributed by atoms with Crippen LogP contribution in [-0.2, 0) is 29.3 Å². The summed E-state index contributed by atoms with van der Waals surface area (Å²) in [5.74, 6) is 1.01. The maximum absolute atomic E-state index is 13.1. The molecule has 3 aromatic carbocycles. The van der Waals surface area contributed by atoms with E-state index in [0.29, 0.717) is 30.1 Å². The molecule has 4 atom stereocenters. The van der Waals surface area contributed by atoms with Gasteiger partial charge in [0.15, 0.2) is 12.3 Å². The van der Waals surface area contributed by atoms with Gasteiger partial charge in [-0.1, -0.05) is 54.6 Å². The maximum Gasteiger partial charge on any atom is 0.351 e. The molecule has 11 nitrogen and oxygen atoms in total. The van der Waals surface area contributed by atoms with Crippen molar-refractivity contribution in [3.8, 4) is 11.5 Å². The second-order valence-electron chi connectivity index (χ2n) is 11.5. The molecule has 2 N–H and O–H groups in total. The Kier molecular flexibility index (Phi) is 8.56. The third-order valence-electron chi connectivity index (χ3n) is 8.74. The number of anilines is 1. The molecule has 11 heteroatoms. The van der Waals surface area contributed by atoms with Gasteiger partial charge < -0.3 is 34.2 Å². The summed E-state index contributed by atoms with van der Waals surface area (Å²) in [6, 6.07) is 25.2. The Morgan fingerprint density at radius 3 is 2.13 bits per heavy atom. The average Bonchev–Trinajstić information content (AvgIpc) is 3.22. The summed E-state index contributed by atoms with van der Waals surface area (Å²) in [4.78, 5) is 29.5. The van der Waals surface area contributed by atoms with E-state index in [1.807, 2.05) is 78.9 Å². The molecule has 1 aromatic heterocycles. The van der Waals surface area contributed by atoms with Gasteiger partial charge in [0.25, 0.3) is 0 Å². The number of carbonyl (C=O) groups is 1. The SMILES string of the molecule is COc1ccc(C(OC[C@@]23CCO[C@@H]([C@H](n4cc(C)c(N)nc4=O)O2)[C@@H]3OC(C)=O)(c2ccccc2)c2ccc(OC)cc2)cc1. The first kappa shape index (κ1) is 31.3. The van der Waals surface area contributed by atoms with Crippen molar-refractivity contribution >= 4 is 11.8 Å². The largest absolute Gasteiger partial charge is 0.497 e. The van der Waals surface area contributed by atoms with Gasteiger partial charge in [-0.05, 0) is 47.9 Å². The number of esters is 1. The lowest BCUT2D eigenvalue weighted by Crippen LogP contribution is -2.55. The van der Waals surface area contributed by atoms with Gasteiger partial charge >= 0.3 is 11.7 Å². The standard InChI is InChI=1S/C35H37N3O8/c1-22-20-38(33(40)37-31(22)36)32-29-30(45-23(2)39)34(46-32,18-19-43-29)21-44-35(24-8-6-5-7-9-24,25-10-14-27(41-3)15-11-25)26-12-16-28(42-4)17-13-26/h5-17,20,29-30,32H,18-19,21H2,1-4H3,(H2,36,37,40)/t29-,30+,32-,34-/m1/s1. The van der Waals surface area contributed by atoms with Crippen LogP contribution in [0, 0.1) is 6.92 Å². The van der Waals surface area contributed by atoms with Crippen molar-refractivity contribution in [2.24, 2.45) is 0 Å². The van der Waals surface area contributed by atoms with Crippen molar-refractivity contribution in [3.05, 3.63) is 118 Å². The number of carbonyl (C=O) groups excluding carboxylic acids is 1. The molecular formula is C35H37N3O8. The number of fused-ring (bicyclic) bond motifs is 2. The summed E-state index contributed by atoms with van der Waals surface area (Å²) in [5, 5.41) is 0. The molecule has 0 amide bonds. The van der Waals surface area contributed by atoms with Crippen LogP contribution in [0.4, 0.5) is 5.82 Å². The number of benzene rings is 3. The molecule has 0 radical (unpaired) electrons. The molecule has 46 heavy (non-hydrogen) atoms. The molecule has 2 aliphatic rings. The first-order chi connectivity index (χ1) is 22.2. The highest BCUT2D eigenvalue weighted by atomic mass is 16.7. The molecule has 0 unspecified atom stereocenters. The van der Waals surface area contributed by atoms with Gasteiger partial charge in [-0.15, -0.1) is 0 Å². The molecule has 2 fully saturated rings. The quantitative estimate of drug-likeness (QED) is 0.202. The minimum Gasteiger partial charge on any atom is -0.497 e. The van der Waals surface area contributed by atoms with Crippen LogP contribution in [0.3, 0.4) is 0 Å². The number of rotatable bonds is 10. The van der Waals surface area contributed by atoms with Gasteiger partial charge in [0.1, 0.15) is 34.6 Å². The molecule has 240 valence electrons. The Balaban J connectivity index is 1.49. The van der Waals surface area contributed by atoms with Crippen LogP contribution in [0.25, 0.3) is 0 Å². The van der Waals surface area contributed by atoms with Crippen LogP contribution < -0.4 is 20.9 Å². The molecular weight excluding hydrogens is 590 g/mol. The number of methoxy groups -OCH3 is 2. The number of hydrogen-bond acceptors (Lipinski definition) is 10. The van der Waals surface area contributed by atoms with E-state index >= 15 is 0 Å². The summed E-state index contributed by atoms with van der Waals surface area (Å²) in [6.45, 7) is 3.36. The first-order valence-electron chi connectivity index (χ1n) is 15.0. The van der Waals surface area contributed by atoms with E-state index < -0.39 is 41.3 Å². The number of aromatic nitrogens is 2. The zero-order valence-electron chi connectivity index (χ0n) is 26.2. The predicted octanol–water partition coefficient (Wildman–Crippen LogP) is 4.15. The Labute approximate surface area is 266 Å². The Morgan fingerprint density at radius 1 is 0.978 bits per heavy atom. The number of nitrogen functional groups attached to an aromatic ring is 1. The van der Waals surface area contributed by atoms with Crippen LogP contribution in [0.5, 0.6) is 11.5 Å². The summed E-state index contributed by atoms with van der Waals surface area (Å²) >= 11 is 0. The molecule has 0 spiro atoms. The van der Waals surface area contributed by atoms with E-state index in [2.05, 4.69) is 4.98 Å². The van der Waals surface area contributed by atoms with Crippen molar-refractivity contribution in [1.29, 1.82) is 0 Å². The zero-order chi connectivity index (χ0) is 32.5. The van der Waals surface area contributed by atoms with Crippen LogP contribution in [-0.4, -0.2) is 60.8 Å². The third-order valence-corrected chi connectivity index (χ3v) is 8.74. The molecule has 2 aliphatic heterocycles. The number of nitrogens with zero attached hydrogens (tertiary/aromatic N) is 2. The summed E-state index contributed by atoms with van der Waals surface area (Å²) in [6.07, 6.45) is -0.695. The molecule has 6 rings (SSSR count). The molecule has 0 aliphatic carbocycles. The number of hydrogen-bond donors (Lipinski definition) is 1. The van der Waals surface area contributed by atoms with E-state index in [9.17, 15) is 9.59 Å². The second-order valence-corrected chi connectivity index (χ2v) is 11.5. The monoisotopic (exact) mass is 627 g/mol. The van der Waals surface area contributed by atoms with E-state index in [1.54, 1.807) is 27.3 Å². The lowest BCUT2D eigenvalue weighted by Gasteiger charge is -2.42. The maximum atomic E-state index is 13.1. The predicted molar refractivity (Wildman–Crippen MR) is 169 cm³/mol. The molecule has 3 heterocycles. The van der Waals surface area contributed by atoms with Gasteiger partial charge in [-0.25, -0.2) is 4.79 Å². The fraction of sp³-hybridized carbons (Fsp3) is 0.343. The van der Waals surface area contributed by atoms with Gasteiger partial charge in [-0.2, -0.15) is 4.98 Å². The first-order valence-corrected chi connectivity index (χ1v) is 15.0. The van der Waals surface area contributed by atoms with Gasteiger partial charge in [0.05, 0.1) is 27.4 Å². The third kappa shape index (κ3) is 5.51.